The van der Waals surface area contributed by atoms with Crippen molar-refractivity contribution in [3.8, 4) is 0 Å². The predicted molar refractivity (Wildman–Crippen MR) is 95.1 cm³/mol. The number of carbonyl (C=O) groups excluding carboxylic acids is 1. The van der Waals surface area contributed by atoms with Crippen LogP contribution in [0.25, 0.3) is 0 Å². The predicted octanol–water partition coefficient (Wildman–Crippen LogP) is 2.20. The van der Waals surface area contributed by atoms with Crippen LogP contribution >= 0.6 is 12.4 Å². The van der Waals surface area contributed by atoms with Crippen molar-refractivity contribution in [2.45, 2.75) is 37.3 Å². The molecular formula is C18H27ClN2O3. The largest absolute Gasteiger partial charge is 0.381 e. The van der Waals surface area contributed by atoms with Gasteiger partial charge in [0.15, 0.2) is 0 Å². The summed E-state index contributed by atoms with van der Waals surface area (Å²) in [5.74, 6) is 0.233. The van der Waals surface area contributed by atoms with Crippen LogP contribution in [0, 0.1) is 5.92 Å². The minimum absolute atomic E-state index is 0. The maximum Gasteiger partial charge on any atom is 0.240 e. The summed E-state index contributed by atoms with van der Waals surface area (Å²) in [6.45, 7) is 2.51. The molecule has 0 radical (unpaired) electrons. The van der Waals surface area contributed by atoms with Crippen molar-refractivity contribution in [2.24, 2.45) is 11.7 Å². The lowest BCUT2D eigenvalue weighted by Gasteiger charge is -2.35. The number of nitrogens with one attached hydrogen (secondary N) is 1. The van der Waals surface area contributed by atoms with Crippen LogP contribution in [-0.4, -0.2) is 37.8 Å². The topological polar surface area (TPSA) is 73.6 Å². The molecule has 2 heterocycles. The van der Waals surface area contributed by atoms with Crippen molar-refractivity contribution in [1.29, 1.82) is 0 Å². The molecule has 3 N–H and O–H groups in total. The third kappa shape index (κ3) is 4.48. The fourth-order valence-corrected chi connectivity index (χ4v) is 3.43. The zero-order valence-electron chi connectivity index (χ0n) is 13.9. The smallest absolute Gasteiger partial charge is 0.240 e. The van der Waals surface area contributed by atoms with Gasteiger partial charge in [-0.05, 0) is 31.2 Å². The Morgan fingerprint density at radius 2 is 1.92 bits per heavy atom. The maximum absolute atomic E-state index is 12.5. The normalized spacial score (nSPS) is 26.2. The highest BCUT2D eigenvalue weighted by Crippen LogP contribution is 2.33. The Balaban J connectivity index is 0.00000208. The van der Waals surface area contributed by atoms with Crippen LogP contribution in [0.5, 0.6) is 0 Å². The van der Waals surface area contributed by atoms with Crippen molar-refractivity contribution in [1.82, 2.24) is 5.32 Å². The molecule has 2 fully saturated rings. The summed E-state index contributed by atoms with van der Waals surface area (Å²) >= 11 is 0. The Kier molecular flexibility index (Phi) is 7.04. The van der Waals surface area contributed by atoms with Crippen molar-refractivity contribution in [2.75, 3.05) is 26.4 Å². The van der Waals surface area contributed by atoms with Crippen LogP contribution in [0.4, 0.5) is 0 Å². The second-order valence-corrected chi connectivity index (χ2v) is 6.58. The number of carbonyl (C=O) groups is 1. The highest BCUT2D eigenvalue weighted by molar-refractivity contribution is 5.86. The van der Waals surface area contributed by atoms with Gasteiger partial charge in [-0.15, -0.1) is 12.4 Å². The molecule has 0 bridgehead atoms. The summed E-state index contributed by atoms with van der Waals surface area (Å²) < 4.78 is 11.3. The highest BCUT2D eigenvalue weighted by Gasteiger charge is 2.36. The van der Waals surface area contributed by atoms with Crippen molar-refractivity contribution in [3.05, 3.63) is 35.9 Å². The zero-order chi connectivity index (χ0) is 16.1. The molecule has 5 nitrogen and oxygen atoms in total. The van der Waals surface area contributed by atoms with E-state index in [0.717, 1.165) is 19.4 Å². The molecule has 134 valence electrons. The summed E-state index contributed by atoms with van der Waals surface area (Å²) in [5, 5.41) is 3.06. The van der Waals surface area contributed by atoms with E-state index in [1.165, 1.54) is 5.56 Å². The molecule has 24 heavy (non-hydrogen) atoms. The number of benzene rings is 1. The van der Waals surface area contributed by atoms with Gasteiger partial charge in [0.1, 0.15) is 0 Å². The van der Waals surface area contributed by atoms with Gasteiger partial charge in [-0.25, -0.2) is 0 Å². The van der Waals surface area contributed by atoms with Gasteiger partial charge in [0.25, 0.3) is 0 Å². The first kappa shape index (κ1) is 19.2. The minimum Gasteiger partial charge on any atom is -0.381 e. The fraction of sp³-hybridized carbons (Fsp3) is 0.611. The van der Waals surface area contributed by atoms with Gasteiger partial charge in [0.05, 0.1) is 11.6 Å². The molecule has 0 aliphatic carbocycles. The summed E-state index contributed by atoms with van der Waals surface area (Å²) in [6.07, 6.45) is 3.31. The summed E-state index contributed by atoms with van der Waals surface area (Å²) in [6, 6.07) is 10.2. The summed E-state index contributed by atoms with van der Waals surface area (Å²) in [5.41, 5.74) is 6.64. The van der Waals surface area contributed by atoms with Crippen molar-refractivity contribution >= 4 is 18.3 Å². The van der Waals surface area contributed by atoms with Gasteiger partial charge < -0.3 is 20.5 Å². The molecule has 3 rings (SSSR count). The third-order valence-corrected chi connectivity index (χ3v) is 4.93. The summed E-state index contributed by atoms with van der Waals surface area (Å²) in [7, 11) is 0. The van der Waals surface area contributed by atoms with E-state index < -0.39 is 5.54 Å². The van der Waals surface area contributed by atoms with Crippen LogP contribution in [0.1, 0.15) is 37.4 Å². The maximum atomic E-state index is 12.5. The molecule has 2 unspecified atom stereocenters. The molecule has 2 atom stereocenters. The van der Waals surface area contributed by atoms with Crippen LogP contribution in [-0.2, 0) is 14.3 Å². The van der Waals surface area contributed by atoms with Gasteiger partial charge >= 0.3 is 0 Å². The average Bonchev–Trinajstić information content (AvgIpc) is 2.61. The third-order valence-electron chi connectivity index (χ3n) is 4.93. The first-order chi connectivity index (χ1) is 11.2. The SMILES string of the molecule is Cl.NC1(C(=O)NCC2CCCOC2c2ccccc2)CCOCC1. The second-order valence-electron chi connectivity index (χ2n) is 6.58. The molecule has 2 aliphatic heterocycles. The van der Waals surface area contributed by atoms with Crippen LogP contribution in [0.15, 0.2) is 30.3 Å². The lowest BCUT2D eigenvalue weighted by atomic mass is 9.87. The Hall–Kier alpha value is -1.14. The van der Waals surface area contributed by atoms with Crippen molar-refractivity contribution in [3.63, 3.8) is 0 Å². The van der Waals surface area contributed by atoms with Crippen molar-refractivity contribution < 1.29 is 14.3 Å². The molecule has 1 aromatic carbocycles. The molecule has 0 spiro atoms. The number of hydrogen-bond acceptors (Lipinski definition) is 4. The number of halogens is 1. The molecule has 2 aliphatic rings. The molecule has 1 amide bonds. The van der Waals surface area contributed by atoms with E-state index in [2.05, 4.69) is 17.4 Å². The van der Waals surface area contributed by atoms with Gasteiger partial charge in [-0.1, -0.05) is 30.3 Å². The van der Waals surface area contributed by atoms with Crippen LogP contribution in [0.3, 0.4) is 0 Å². The van der Waals surface area contributed by atoms with Gasteiger partial charge in [0.2, 0.25) is 5.91 Å². The second kappa shape index (κ2) is 8.81. The number of rotatable bonds is 4. The molecular weight excluding hydrogens is 328 g/mol. The van der Waals surface area contributed by atoms with E-state index in [4.69, 9.17) is 15.2 Å². The van der Waals surface area contributed by atoms with Gasteiger partial charge in [0, 0.05) is 32.3 Å². The first-order valence-corrected chi connectivity index (χ1v) is 8.50. The van der Waals surface area contributed by atoms with Crippen LogP contribution in [0.2, 0.25) is 0 Å². The molecule has 6 heteroatoms. The molecule has 0 saturated carbocycles. The average molecular weight is 355 g/mol. The quantitative estimate of drug-likeness (QED) is 0.869. The zero-order valence-corrected chi connectivity index (χ0v) is 14.7. The number of hydrogen-bond donors (Lipinski definition) is 2. The fourth-order valence-electron chi connectivity index (χ4n) is 3.43. The van der Waals surface area contributed by atoms with E-state index in [-0.39, 0.29) is 24.4 Å². The lowest BCUT2D eigenvalue weighted by molar-refractivity contribution is -0.130. The number of nitrogens with two attached hydrogens (primary N) is 1. The molecule has 0 aromatic heterocycles. The Morgan fingerprint density at radius 3 is 2.62 bits per heavy atom. The monoisotopic (exact) mass is 354 g/mol. The Bertz CT molecular complexity index is 520. The van der Waals surface area contributed by atoms with Crippen LogP contribution < -0.4 is 11.1 Å². The summed E-state index contributed by atoms with van der Waals surface area (Å²) in [4.78, 5) is 12.5. The standard InChI is InChI=1S/C18H26N2O3.ClH/c19-18(8-11-22-12-9-18)17(21)20-13-15-7-4-10-23-16(15)14-5-2-1-3-6-14;/h1-3,5-6,15-16H,4,7-13,19H2,(H,20,21);1H. The molecule has 1 aromatic rings. The van der Waals surface area contributed by atoms with E-state index >= 15 is 0 Å². The minimum atomic E-state index is -0.782. The Morgan fingerprint density at radius 1 is 1.21 bits per heavy atom. The van der Waals surface area contributed by atoms with Gasteiger partial charge in [-0.3, -0.25) is 4.79 Å². The molecule has 2 saturated heterocycles. The Labute approximate surface area is 149 Å². The lowest BCUT2D eigenvalue weighted by Crippen LogP contribution is -2.57. The number of ether oxygens (including phenoxy) is 2. The van der Waals surface area contributed by atoms with Gasteiger partial charge in [-0.2, -0.15) is 0 Å². The van der Waals surface area contributed by atoms with E-state index in [1.54, 1.807) is 0 Å². The van der Waals surface area contributed by atoms with E-state index in [0.29, 0.717) is 38.5 Å². The van der Waals surface area contributed by atoms with E-state index in [1.807, 2.05) is 18.2 Å². The first-order valence-electron chi connectivity index (χ1n) is 8.50. The highest BCUT2D eigenvalue weighted by atomic mass is 35.5. The number of amides is 1. The van der Waals surface area contributed by atoms with E-state index in [9.17, 15) is 4.79 Å².